The summed E-state index contributed by atoms with van der Waals surface area (Å²) in [7, 11) is -3.22. The molecule has 2 rings (SSSR count). The Morgan fingerprint density at radius 3 is 2.81 bits per heavy atom. The summed E-state index contributed by atoms with van der Waals surface area (Å²) in [6.45, 7) is 3.48. The van der Waals surface area contributed by atoms with Crippen LogP contribution in [0, 0.1) is 0 Å². The Kier molecular flexibility index (Phi) is 3.03. The van der Waals surface area contributed by atoms with E-state index in [1.54, 1.807) is 13.8 Å². The van der Waals surface area contributed by atoms with E-state index in [1.807, 2.05) is 6.07 Å². The summed E-state index contributed by atoms with van der Waals surface area (Å²) in [5, 5.41) is 3.41. The molecule has 0 atom stereocenters. The number of sulfonamides is 1. The van der Waals surface area contributed by atoms with Crippen molar-refractivity contribution in [3.63, 3.8) is 0 Å². The number of hydrogen-bond donors (Lipinski definition) is 1. The smallest absolute Gasteiger partial charge is 0.214 e. The molecule has 1 aliphatic rings. The normalized spacial score (nSPS) is 16.9. The van der Waals surface area contributed by atoms with Crippen LogP contribution in [-0.4, -0.2) is 18.8 Å². The van der Waals surface area contributed by atoms with Gasteiger partial charge in [0, 0.05) is 12.0 Å². The molecule has 0 spiro atoms. The first-order valence-corrected chi connectivity index (χ1v) is 6.97. The van der Waals surface area contributed by atoms with Gasteiger partial charge in [-0.3, -0.25) is 0 Å². The number of hydrogen-bond acceptors (Lipinski definition) is 4. The summed E-state index contributed by atoms with van der Waals surface area (Å²) in [6.07, 6.45) is 2.29. The predicted octanol–water partition coefficient (Wildman–Crippen LogP) is 1.38. The van der Waals surface area contributed by atoms with E-state index in [9.17, 15) is 8.42 Å². The van der Waals surface area contributed by atoms with Crippen LogP contribution in [0.3, 0.4) is 0 Å². The maximum absolute atomic E-state index is 11.5. The average Bonchev–Trinajstić information content (AvgIpc) is 2.95. The largest absolute Gasteiger partial charge is 0.361 e. The highest BCUT2D eigenvalue weighted by Crippen LogP contribution is 2.40. The summed E-state index contributed by atoms with van der Waals surface area (Å²) in [5.74, 6) is 1.38. The molecule has 1 heterocycles. The van der Waals surface area contributed by atoms with E-state index in [0.29, 0.717) is 11.6 Å². The third-order valence-corrected chi connectivity index (χ3v) is 4.42. The van der Waals surface area contributed by atoms with Crippen LogP contribution in [0.1, 0.15) is 44.1 Å². The molecule has 1 aliphatic carbocycles. The van der Waals surface area contributed by atoms with E-state index in [-0.39, 0.29) is 6.54 Å². The lowest BCUT2D eigenvalue weighted by Crippen LogP contribution is -2.30. The molecule has 0 radical (unpaired) electrons. The maximum Gasteiger partial charge on any atom is 0.214 e. The van der Waals surface area contributed by atoms with Gasteiger partial charge in [0.05, 0.1) is 17.5 Å². The molecular weight excluding hydrogens is 228 g/mol. The standard InChI is InChI=1S/C10H16N2O3S/c1-7(2)16(13,14)11-6-9-5-10(15-12-9)8-3-4-8/h5,7-8,11H,3-4,6H2,1-2H3. The van der Waals surface area contributed by atoms with Gasteiger partial charge in [0.1, 0.15) is 5.76 Å². The Morgan fingerprint density at radius 1 is 1.56 bits per heavy atom. The minimum Gasteiger partial charge on any atom is -0.361 e. The van der Waals surface area contributed by atoms with Crippen LogP contribution >= 0.6 is 0 Å². The minimum atomic E-state index is -3.22. The molecule has 0 amide bonds. The molecule has 1 aromatic heterocycles. The Balaban J connectivity index is 1.94. The highest BCUT2D eigenvalue weighted by atomic mass is 32.2. The van der Waals surface area contributed by atoms with E-state index < -0.39 is 15.3 Å². The van der Waals surface area contributed by atoms with Crippen LogP contribution in [0.5, 0.6) is 0 Å². The Morgan fingerprint density at radius 2 is 2.25 bits per heavy atom. The summed E-state index contributed by atoms with van der Waals surface area (Å²) in [4.78, 5) is 0. The van der Waals surface area contributed by atoms with Crippen molar-refractivity contribution >= 4 is 10.0 Å². The monoisotopic (exact) mass is 244 g/mol. The summed E-state index contributed by atoms with van der Waals surface area (Å²) in [6, 6.07) is 1.83. The van der Waals surface area contributed by atoms with E-state index in [4.69, 9.17) is 4.52 Å². The van der Waals surface area contributed by atoms with Crippen LogP contribution in [0.4, 0.5) is 0 Å². The van der Waals surface area contributed by atoms with Gasteiger partial charge in [-0.1, -0.05) is 5.16 Å². The van der Waals surface area contributed by atoms with Gasteiger partial charge in [-0.15, -0.1) is 0 Å². The van der Waals surface area contributed by atoms with Crippen molar-refractivity contribution in [1.82, 2.24) is 9.88 Å². The van der Waals surface area contributed by atoms with Gasteiger partial charge in [0.25, 0.3) is 0 Å². The molecule has 0 unspecified atom stereocenters. The summed E-state index contributed by atoms with van der Waals surface area (Å²) < 4.78 is 30.6. The highest BCUT2D eigenvalue weighted by molar-refractivity contribution is 7.90. The van der Waals surface area contributed by atoms with Crippen molar-refractivity contribution in [3.8, 4) is 0 Å². The fourth-order valence-electron chi connectivity index (χ4n) is 1.31. The van der Waals surface area contributed by atoms with Gasteiger partial charge in [-0.25, -0.2) is 13.1 Å². The molecule has 0 bridgehead atoms. The van der Waals surface area contributed by atoms with E-state index in [1.165, 1.54) is 0 Å². The number of rotatable bonds is 5. The summed E-state index contributed by atoms with van der Waals surface area (Å²) in [5.41, 5.74) is 0.645. The second kappa shape index (κ2) is 4.18. The molecule has 1 saturated carbocycles. The minimum absolute atomic E-state index is 0.205. The molecule has 6 heteroatoms. The molecule has 5 nitrogen and oxygen atoms in total. The second-order valence-electron chi connectivity index (χ2n) is 4.41. The Hall–Kier alpha value is -0.880. The lowest BCUT2D eigenvalue weighted by atomic mass is 10.3. The predicted molar refractivity (Wildman–Crippen MR) is 59.4 cm³/mol. The van der Waals surface area contributed by atoms with Gasteiger partial charge < -0.3 is 4.52 Å². The molecule has 0 aromatic carbocycles. The van der Waals surface area contributed by atoms with Crippen LogP contribution in [0.2, 0.25) is 0 Å². The molecular formula is C10H16N2O3S. The third kappa shape index (κ3) is 2.62. The second-order valence-corrected chi connectivity index (χ2v) is 6.73. The third-order valence-electron chi connectivity index (χ3n) is 2.63. The van der Waals surface area contributed by atoms with Gasteiger partial charge >= 0.3 is 0 Å². The van der Waals surface area contributed by atoms with Crippen molar-refractivity contribution in [2.45, 2.75) is 44.4 Å². The molecule has 1 N–H and O–H groups in total. The molecule has 0 saturated heterocycles. The van der Waals surface area contributed by atoms with Crippen molar-refractivity contribution in [3.05, 3.63) is 17.5 Å². The molecule has 0 aliphatic heterocycles. The quantitative estimate of drug-likeness (QED) is 0.849. The number of aromatic nitrogens is 1. The van der Waals surface area contributed by atoms with E-state index in [0.717, 1.165) is 18.6 Å². The zero-order chi connectivity index (χ0) is 11.8. The first-order valence-electron chi connectivity index (χ1n) is 5.43. The van der Waals surface area contributed by atoms with Crippen molar-refractivity contribution < 1.29 is 12.9 Å². The number of nitrogens with zero attached hydrogens (tertiary/aromatic N) is 1. The zero-order valence-electron chi connectivity index (χ0n) is 9.43. The Bertz CT molecular complexity index is 460. The topological polar surface area (TPSA) is 72.2 Å². The average molecular weight is 244 g/mol. The van der Waals surface area contributed by atoms with Crippen molar-refractivity contribution in [2.24, 2.45) is 0 Å². The van der Waals surface area contributed by atoms with Crippen LogP contribution in [-0.2, 0) is 16.6 Å². The Labute approximate surface area is 95.3 Å². The summed E-state index contributed by atoms with van der Waals surface area (Å²) >= 11 is 0. The van der Waals surface area contributed by atoms with Gasteiger partial charge in [-0.05, 0) is 26.7 Å². The lowest BCUT2D eigenvalue weighted by Gasteiger charge is -2.07. The molecule has 1 aromatic rings. The zero-order valence-corrected chi connectivity index (χ0v) is 10.3. The fraction of sp³-hybridized carbons (Fsp3) is 0.700. The molecule has 90 valence electrons. The highest BCUT2D eigenvalue weighted by Gasteiger charge is 2.28. The lowest BCUT2D eigenvalue weighted by molar-refractivity contribution is 0.377. The fourth-order valence-corrected chi connectivity index (χ4v) is 2.00. The van der Waals surface area contributed by atoms with Crippen molar-refractivity contribution in [1.29, 1.82) is 0 Å². The van der Waals surface area contributed by atoms with E-state index >= 15 is 0 Å². The van der Waals surface area contributed by atoms with Crippen LogP contribution in [0.25, 0.3) is 0 Å². The van der Waals surface area contributed by atoms with Gasteiger partial charge in [0.15, 0.2) is 0 Å². The van der Waals surface area contributed by atoms with Gasteiger partial charge in [0.2, 0.25) is 10.0 Å². The van der Waals surface area contributed by atoms with Crippen LogP contribution < -0.4 is 4.72 Å². The SMILES string of the molecule is CC(C)S(=O)(=O)NCc1cc(C2CC2)on1. The van der Waals surface area contributed by atoms with Gasteiger partial charge in [-0.2, -0.15) is 0 Å². The number of nitrogens with one attached hydrogen (secondary N) is 1. The first kappa shape index (κ1) is 11.6. The van der Waals surface area contributed by atoms with Crippen LogP contribution in [0.15, 0.2) is 10.6 Å². The molecule has 1 fully saturated rings. The van der Waals surface area contributed by atoms with Crippen molar-refractivity contribution in [2.75, 3.05) is 0 Å². The van der Waals surface area contributed by atoms with E-state index in [2.05, 4.69) is 9.88 Å². The molecule has 16 heavy (non-hydrogen) atoms. The first-order chi connectivity index (χ1) is 7.49. The maximum atomic E-state index is 11.5.